The molecule has 1 aliphatic rings. The number of hydrogen-bond donors (Lipinski definition) is 2. The van der Waals surface area contributed by atoms with E-state index in [9.17, 15) is 9.90 Å². The number of fused-ring (bicyclic) bond motifs is 1. The molecule has 0 bridgehead atoms. The van der Waals surface area contributed by atoms with Crippen molar-refractivity contribution >= 4 is 38.4 Å². The second-order valence-corrected chi connectivity index (χ2v) is 7.48. The van der Waals surface area contributed by atoms with Gasteiger partial charge in [0.2, 0.25) is 5.88 Å². The summed E-state index contributed by atoms with van der Waals surface area (Å²) in [6.07, 6.45) is 0. The molecule has 4 rings (SSSR count). The van der Waals surface area contributed by atoms with E-state index in [4.69, 9.17) is 4.74 Å². The fourth-order valence-corrected chi connectivity index (χ4v) is 3.81. The Bertz CT molecular complexity index is 1040. The van der Waals surface area contributed by atoms with Crippen LogP contribution < -0.4 is 4.90 Å². The number of carbonyl (C=O) groups excluding carboxylic acids is 1. The molecule has 28 heavy (non-hydrogen) atoms. The van der Waals surface area contributed by atoms with Crippen LogP contribution in [0.25, 0.3) is 10.9 Å². The minimum atomic E-state index is -0.470. The Labute approximate surface area is 170 Å². The maximum Gasteiger partial charge on any atom is 0.296 e. The first kappa shape index (κ1) is 18.8. The Morgan fingerprint density at radius 1 is 1.14 bits per heavy atom. The number of aromatic nitrogens is 1. The summed E-state index contributed by atoms with van der Waals surface area (Å²) in [4.78, 5) is 13.7. The van der Waals surface area contributed by atoms with Crippen LogP contribution in [0.4, 0.5) is 5.69 Å². The summed E-state index contributed by atoms with van der Waals surface area (Å²) >= 11 is 3.35. The summed E-state index contributed by atoms with van der Waals surface area (Å²) in [5, 5.41) is 19.6. The van der Waals surface area contributed by atoms with Crippen LogP contribution >= 0.6 is 15.9 Å². The van der Waals surface area contributed by atoms with Gasteiger partial charge in [-0.05, 0) is 34.1 Å². The van der Waals surface area contributed by atoms with E-state index in [1.807, 2.05) is 34.9 Å². The molecule has 0 saturated carbocycles. The summed E-state index contributed by atoms with van der Waals surface area (Å²) in [5.74, 6) is -0.452. The lowest BCUT2D eigenvalue weighted by Gasteiger charge is -2.24. The van der Waals surface area contributed by atoms with Gasteiger partial charge in [0, 0.05) is 9.86 Å². The average molecular weight is 444 g/mol. The highest BCUT2D eigenvalue weighted by Crippen LogP contribution is 2.38. The maximum absolute atomic E-state index is 12.4. The molecule has 0 radical (unpaired) electrons. The molecule has 0 unspecified atom stereocenters. The summed E-state index contributed by atoms with van der Waals surface area (Å²) in [5.41, 5.74) is 1.59. The van der Waals surface area contributed by atoms with Crippen LogP contribution in [0.3, 0.4) is 0 Å². The molecule has 8 heteroatoms. The van der Waals surface area contributed by atoms with Crippen LogP contribution in [0, 0.1) is 0 Å². The molecule has 7 nitrogen and oxygen atoms in total. The Morgan fingerprint density at radius 2 is 1.86 bits per heavy atom. The number of morpholine rings is 1. The third kappa shape index (κ3) is 3.71. The third-order valence-electron chi connectivity index (χ3n) is 4.84. The lowest BCUT2D eigenvalue weighted by molar-refractivity contribution is -0.930. The van der Waals surface area contributed by atoms with Crippen molar-refractivity contribution in [3.05, 3.63) is 58.6 Å². The fourth-order valence-electron chi connectivity index (χ4n) is 3.36. The maximum atomic E-state index is 12.4. The molecule has 144 valence electrons. The Kier molecular flexibility index (Phi) is 5.52. The van der Waals surface area contributed by atoms with E-state index in [1.165, 1.54) is 4.90 Å². The number of carbonyl (C=O) groups is 1. The number of hydrogen-bond acceptors (Lipinski definition) is 4. The molecule has 1 aromatic heterocycles. The van der Waals surface area contributed by atoms with Gasteiger partial charge in [-0.1, -0.05) is 30.3 Å². The van der Waals surface area contributed by atoms with Crippen LogP contribution in [-0.2, 0) is 11.4 Å². The van der Waals surface area contributed by atoms with E-state index in [2.05, 4.69) is 26.2 Å². The van der Waals surface area contributed by atoms with Gasteiger partial charge in [0.1, 0.15) is 13.1 Å². The fraction of sp³-hybridized carbons (Fsp3) is 0.250. The van der Waals surface area contributed by atoms with Crippen molar-refractivity contribution in [3.63, 3.8) is 0 Å². The number of nitrogens with one attached hydrogen (secondary N) is 1. The predicted molar refractivity (Wildman–Crippen MR) is 108 cm³/mol. The van der Waals surface area contributed by atoms with Crippen LogP contribution in [-0.4, -0.2) is 41.9 Å². The Balaban J connectivity index is 1.68. The normalized spacial score (nSPS) is 15.5. The highest BCUT2D eigenvalue weighted by atomic mass is 79.9. The molecule has 3 aromatic rings. The highest BCUT2D eigenvalue weighted by molar-refractivity contribution is 9.10. The largest absolute Gasteiger partial charge is 0.493 e. The van der Waals surface area contributed by atoms with Crippen LogP contribution in [0.15, 0.2) is 63.2 Å². The topological polar surface area (TPSA) is 80.6 Å². The minimum Gasteiger partial charge on any atom is -0.493 e. The van der Waals surface area contributed by atoms with Crippen molar-refractivity contribution in [2.75, 3.05) is 26.3 Å². The molecule has 0 aliphatic carbocycles. The first-order chi connectivity index (χ1) is 13.6. The first-order valence-corrected chi connectivity index (χ1v) is 9.86. The number of azo groups is 1. The number of amides is 1. The van der Waals surface area contributed by atoms with Gasteiger partial charge in [-0.2, -0.15) is 0 Å². The summed E-state index contributed by atoms with van der Waals surface area (Å²) in [7, 11) is 0. The molecule has 2 N–H and O–H groups in total. The molecule has 0 spiro atoms. The number of halogens is 1. The summed E-state index contributed by atoms with van der Waals surface area (Å²) in [6, 6.07) is 14.6. The first-order valence-electron chi connectivity index (χ1n) is 9.07. The second kappa shape index (κ2) is 8.22. The average Bonchev–Trinajstić information content (AvgIpc) is 2.99. The number of benzene rings is 2. The van der Waals surface area contributed by atoms with E-state index in [0.29, 0.717) is 35.6 Å². The summed E-state index contributed by atoms with van der Waals surface area (Å²) in [6.45, 7) is 3.78. The monoisotopic (exact) mass is 443 g/mol. The number of para-hydroxylation sites is 1. The SMILES string of the molecule is O=C(N=Nc1c(O)n(C[NH+]2CCOCC2)c2ccccc12)c1ccccc1Br. The number of nitrogens with zero attached hydrogens (tertiary/aromatic N) is 3. The quantitative estimate of drug-likeness (QED) is 0.608. The molecule has 1 fully saturated rings. The van der Waals surface area contributed by atoms with Crippen LogP contribution in [0.5, 0.6) is 5.88 Å². The summed E-state index contributed by atoms with van der Waals surface area (Å²) < 4.78 is 7.89. The number of aromatic hydroxyl groups is 1. The Morgan fingerprint density at radius 3 is 2.64 bits per heavy atom. The number of rotatable bonds is 4. The van der Waals surface area contributed by atoms with Gasteiger partial charge in [-0.25, -0.2) is 0 Å². The predicted octanol–water partition coefficient (Wildman–Crippen LogP) is 2.91. The smallest absolute Gasteiger partial charge is 0.296 e. The van der Waals surface area contributed by atoms with E-state index < -0.39 is 5.91 Å². The van der Waals surface area contributed by atoms with Gasteiger partial charge >= 0.3 is 0 Å². The van der Waals surface area contributed by atoms with E-state index in [-0.39, 0.29) is 5.88 Å². The zero-order valence-electron chi connectivity index (χ0n) is 15.1. The lowest BCUT2D eigenvalue weighted by atomic mass is 10.2. The van der Waals surface area contributed by atoms with E-state index in [0.717, 1.165) is 24.0 Å². The molecule has 2 heterocycles. The van der Waals surface area contributed by atoms with E-state index in [1.54, 1.807) is 18.2 Å². The van der Waals surface area contributed by atoms with Crippen molar-refractivity contribution in [3.8, 4) is 5.88 Å². The van der Waals surface area contributed by atoms with Gasteiger partial charge in [0.25, 0.3) is 5.91 Å². The zero-order valence-corrected chi connectivity index (χ0v) is 16.7. The minimum absolute atomic E-state index is 0.0175. The van der Waals surface area contributed by atoms with Crippen LogP contribution in [0.1, 0.15) is 10.4 Å². The van der Waals surface area contributed by atoms with Gasteiger partial charge < -0.3 is 14.7 Å². The van der Waals surface area contributed by atoms with Crippen molar-refractivity contribution in [1.29, 1.82) is 0 Å². The van der Waals surface area contributed by atoms with Crippen molar-refractivity contribution in [2.24, 2.45) is 10.2 Å². The standard InChI is InChI=1S/C20H19BrN4O3/c21-16-7-3-1-5-14(16)19(26)23-22-18-15-6-2-4-8-17(15)25(20(18)27)13-24-9-11-28-12-10-24/h1-8,27H,9-13H2/p+1. The molecule has 1 saturated heterocycles. The van der Waals surface area contributed by atoms with Gasteiger partial charge in [0.15, 0.2) is 12.4 Å². The molecular formula is C20H20BrN4O3+. The molecule has 0 atom stereocenters. The van der Waals surface area contributed by atoms with E-state index >= 15 is 0 Å². The molecule has 2 aromatic carbocycles. The van der Waals surface area contributed by atoms with Crippen molar-refractivity contribution < 1.29 is 19.5 Å². The Hall–Kier alpha value is -2.55. The molecule has 1 aliphatic heterocycles. The van der Waals surface area contributed by atoms with Crippen LogP contribution in [0.2, 0.25) is 0 Å². The lowest BCUT2D eigenvalue weighted by Crippen LogP contribution is -3.13. The molecular weight excluding hydrogens is 424 g/mol. The zero-order chi connectivity index (χ0) is 19.5. The van der Waals surface area contributed by atoms with Gasteiger partial charge in [-0.15, -0.1) is 10.2 Å². The van der Waals surface area contributed by atoms with Gasteiger partial charge in [-0.3, -0.25) is 9.36 Å². The van der Waals surface area contributed by atoms with Crippen molar-refractivity contribution in [1.82, 2.24) is 4.57 Å². The second-order valence-electron chi connectivity index (χ2n) is 6.62. The van der Waals surface area contributed by atoms with Gasteiger partial charge in [0.05, 0.1) is 24.3 Å². The third-order valence-corrected chi connectivity index (χ3v) is 5.54. The number of quaternary nitrogens is 1. The highest BCUT2D eigenvalue weighted by Gasteiger charge is 2.22. The van der Waals surface area contributed by atoms with Crippen molar-refractivity contribution in [2.45, 2.75) is 6.67 Å². The molecule has 1 amide bonds. The number of ether oxygens (including phenoxy) is 1.